The number of furan rings is 1. The number of fused-ring (bicyclic) bond motifs is 1. The second kappa shape index (κ2) is 10.3. The molecule has 9 heteroatoms. The zero-order valence-corrected chi connectivity index (χ0v) is 16.8. The molecule has 0 unspecified atom stereocenters. The van der Waals surface area contributed by atoms with Gasteiger partial charge in [-0.15, -0.1) is 0 Å². The molecule has 30 heavy (non-hydrogen) atoms. The van der Waals surface area contributed by atoms with Crippen molar-refractivity contribution in [3.63, 3.8) is 0 Å². The molecule has 1 aliphatic heterocycles. The number of nitrogens with zero attached hydrogens (tertiary/aromatic N) is 1. The highest BCUT2D eigenvalue weighted by molar-refractivity contribution is 5.95. The second-order valence-corrected chi connectivity index (χ2v) is 6.65. The summed E-state index contributed by atoms with van der Waals surface area (Å²) in [5, 5.41) is 5.46. The maximum absolute atomic E-state index is 12.4. The van der Waals surface area contributed by atoms with Gasteiger partial charge in [0.25, 0.3) is 5.91 Å². The minimum atomic E-state index is -0.321. The molecule has 1 aliphatic rings. The van der Waals surface area contributed by atoms with Crippen LogP contribution >= 0.6 is 0 Å². The first-order valence-corrected chi connectivity index (χ1v) is 9.86. The number of carbonyl (C=O) groups is 3. The van der Waals surface area contributed by atoms with Gasteiger partial charge in [0.15, 0.2) is 17.3 Å². The first kappa shape index (κ1) is 21.2. The molecule has 0 bridgehead atoms. The number of hydrogen-bond donors (Lipinski definition) is 2. The second-order valence-electron chi connectivity index (χ2n) is 6.65. The molecule has 0 fully saturated rings. The van der Waals surface area contributed by atoms with E-state index in [1.54, 1.807) is 30.3 Å². The van der Waals surface area contributed by atoms with Crippen LogP contribution in [0.25, 0.3) is 0 Å². The van der Waals surface area contributed by atoms with Gasteiger partial charge >= 0.3 is 0 Å². The van der Waals surface area contributed by atoms with Gasteiger partial charge in [0.05, 0.1) is 12.8 Å². The fraction of sp³-hybridized carbons (Fsp3) is 0.381. The van der Waals surface area contributed by atoms with Crippen LogP contribution in [-0.4, -0.2) is 55.5 Å². The monoisotopic (exact) mass is 415 g/mol. The Morgan fingerprint density at radius 1 is 1.10 bits per heavy atom. The quantitative estimate of drug-likeness (QED) is 0.607. The van der Waals surface area contributed by atoms with Crippen molar-refractivity contribution < 1.29 is 28.3 Å². The van der Waals surface area contributed by atoms with E-state index in [1.165, 1.54) is 11.2 Å². The lowest BCUT2D eigenvalue weighted by Gasteiger charge is -2.21. The number of nitrogens with one attached hydrogen (secondary N) is 2. The summed E-state index contributed by atoms with van der Waals surface area (Å²) < 4.78 is 16.0. The van der Waals surface area contributed by atoms with E-state index in [4.69, 9.17) is 13.9 Å². The van der Waals surface area contributed by atoms with Gasteiger partial charge in [-0.1, -0.05) is 0 Å². The zero-order valence-electron chi connectivity index (χ0n) is 16.8. The van der Waals surface area contributed by atoms with Crippen molar-refractivity contribution >= 4 is 23.4 Å². The molecular formula is C21H25N3O6. The Kier molecular flexibility index (Phi) is 7.31. The smallest absolute Gasteiger partial charge is 0.286 e. The van der Waals surface area contributed by atoms with Gasteiger partial charge in [-0.3, -0.25) is 14.4 Å². The van der Waals surface area contributed by atoms with Crippen LogP contribution in [0.3, 0.4) is 0 Å². The highest BCUT2D eigenvalue weighted by atomic mass is 16.6. The Morgan fingerprint density at radius 2 is 1.90 bits per heavy atom. The van der Waals surface area contributed by atoms with Crippen molar-refractivity contribution in [1.29, 1.82) is 0 Å². The van der Waals surface area contributed by atoms with Gasteiger partial charge in [-0.05, 0) is 37.6 Å². The number of carbonyl (C=O) groups excluding carboxylic acids is 3. The highest BCUT2D eigenvalue weighted by Crippen LogP contribution is 2.32. The summed E-state index contributed by atoms with van der Waals surface area (Å²) in [4.78, 5) is 38.0. The summed E-state index contributed by atoms with van der Waals surface area (Å²) in [7, 11) is 0. The molecule has 0 spiro atoms. The fourth-order valence-corrected chi connectivity index (χ4v) is 2.97. The number of rotatable bonds is 9. The van der Waals surface area contributed by atoms with Crippen LogP contribution in [0.1, 0.15) is 30.3 Å². The average molecular weight is 415 g/mol. The van der Waals surface area contributed by atoms with E-state index < -0.39 is 0 Å². The molecule has 0 saturated carbocycles. The number of anilines is 1. The van der Waals surface area contributed by atoms with Crippen molar-refractivity contribution in [3.8, 4) is 11.5 Å². The molecule has 2 N–H and O–H groups in total. The molecule has 1 aromatic carbocycles. The van der Waals surface area contributed by atoms with E-state index in [-0.39, 0.29) is 36.4 Å². The van der Waals surface area contributed by atoms with E-state index in [0.717, 1.165) is 0 Å². The molecular weight excluding hydrogens is 390 g/mol. The lowest BCUT2D eigenvalue weighted by molar-refractivity contribution is -0.134. The zero-order chi connectivity index (χ0) is 21.3. The molecule has 0 atom stereocenters. The van der Waals surface area contributed by atoms with Crippen LogP contribution in [0, 0.1) is 0 Å². The number of ether oxygens (including phenoxy) is 2. The Hall–Kier alpha value is -3.49. The molecule has 0 aliphatic carbocycles. The third kappa shape index (κ3) is 5.76. The molecule has 1 aromatic heterocycles. The summed E-state index contributed by atoms with van der Waals surface area (Å²) in [5.74, 6) is 0.684. The van der Waals surface area contributed by atoms with Gasteiger partial charge in [-0.25, -0.2) is 0 Å². The maximum Gasteiger partial charge on any atom is 0.286 e. The van der Waals surface area contributed by atoms with Crippen molar-refractivity contribution in [2.24, 2.45) is 0 Å². The average Bonchev–Trinajstić information content (AvgIpc) is 3.29. The van der Waals surface area contributed by atoms with Crippen molar-refractivity contribution in [3.05, 3.63) is 42.4 Å². The van der Waals surface area contributed by atoms with E-state index in [9.17, 15) is 14.4 Å². The van der Waals surface area contributed by atoms with Crippen LogP contribution in [0.4, 0.5) is 5.69 Å². The van der Waals surface area contributed by atoms with Gasteiger partial charge < -0.3 is 29.4 Å². The van der Waals surface area contributed by atoms with Crippen LogP contribution < -0.4 is 20.1 Å². The SMILES string of the molecule is CCN(CC(=O)Nc1ccc2c(c1)OCCO2)C(=O)CCCNC(=O)c1ccco1. The largest absolute Gasteiger partial charge is 0.486 e. The third-order valence-electron chi connectivity index (χ3n) is 4.49. The summed E-state index contributed by atoms with van der Waals surface area (Å²) in [5.41, 5.74) is 0.577. The van der Waals surface area contributed by atoms with Crippen LogP contribution in [0.2, 0.25) is 0 Å². The minimum Gasteiger partial charge on any atom is -0.486 e. The van der Waals surface area contributed by atoms with Gasteiger partial charge in [0.1, 0.15) is 13.2 Å². The molecule has 160 valence electrons. The third-order valence-corrected chi connectivity index (χ3v) is 4.49. The van der Waals surface area contributed by atoms with Crippen molar-refractivity contribution in [2.75, 3.05) is 38.2 Å². The lowest BCUT2D eigenvalue weighted by Crippen LogP contribution is -2.38. The summed E-state index contributed by atoms with van der Waals surface area (Å²) >= 11 is 0. The highest BCUT2D eigenvalue weighted by Gasteiger charge is 2.17. The Morgan fingerprint density at radius 3 is 2.63 bits per heavy atom. The molecule has 0 radical (unpaired) electrons. The molecule has 2 heterocycles. The van der Waals surface area contributed by atoms with E-state index in [1.807, 2.05) is 6.92 Å². The standard InChI is InChI=1S/C21H25N3O6/c1-2-24(20(26)6-3-9-22-21(27)17-5-4-10-28-17)14-19(25)23-15-7-8-16-18(13-15)30-12-11-29-16/h4-5,7-8,10,13H,2-3,6,9,11-12,14H2,1H3,(H,22,27)(H,23,25). The fourth-order valence-electron chi connectivity index (χ4n) is 2.97. The maximum atomic E-state index is 12.4. The first-order valence-electron chi connectivity index (χ1n) is 9.86. The first-order chi connectivity index (χ1) is 14.6. The number of amides is 3. The van der Waals surface area contributed by atoms with Crippen molar-refractivity contribution in [1.82, 2.24) is 10.2 Å². The summed E-state index contributed by atoms with van der Waals surface area (Å²) in [6.45, 7) is 3.47. The van der Waals surface area contributed by atoms with Gasteiger partial charge in [0, 0.05) is 31.3 Å². The molecule has 3 amide bonds. The summed E-state index contributed by atoms with van der Waals surface area (Å²) in [6, 6.07) is 8.37. The Bertz CT molecular complexity index is 881. The van der Waals surface area contributed by atoms with E-state index in [2.05, 4.69) is 10.6 Å². The van der Waals surface area contributed by atoms with Gasteiger partial charge in [0.2, 0.25) is 11.8 Å². The Labute approximate surface area is 174 Å². The minimum absolute atomic E-state index is 0.0530. The predicted octanol–water partition coefficient (Wildman–Crippen LogP) is 2.05. The number of hydrogen-bond acceptors (Lipinski definition) is 6. The molecule has 3 rings (SSSR count). The lowest BCUT2D eigenvalue weighted by atomic mass is 10.2. The Balaban J connectivity index is 1.41. The van der Waals surface area contributed by atoms with Crippen molar-refractivity contribution in [2.45, 2.75) is 19.8 Å². The van der Waals surface area contributed by atoms with Crippen LogP contribution in [0.15, 0.2) is 41.0 Å². The van der Waals surface area contributed by atoms with Crippen LogP contribution in [0.5, 0.6) is 11.5 Å². The molecule has 2 aromatic rings. The number of likely N-dealkylation sites (N-methyl/N-ethyl adjacent to an activating group) is 1. The van der Waals surface area contributed by atoms with Gasteiger partial charge in [-0.2, -0.15) is 0 Å². The molecule has 0 saturated heterocycles. The van der Waals surface area contributed by atoms with Crippen LogP contribution in [-0.2, 0) is 9.59 Å². The topological polar surface area (TPSA) is 110 Å². The number of benzene rings is 1. The normalized spacial score (nSPS) is 12.2. The van der Waals surface area contributed by atoms with E-state index in [0.29, 0.717) is 49.9 Å². The van der Waals surface area contributed by atoms with E-state index >= 15 is 0 Å². The summed E-state index contributed by atoms with van der Waals surface area (Å²) in [6.07, 6.45) is 2.11. The molecule has 9 nitrogen and oxygen atoms in total. The predicted molar refractivity (Wildman–Crippen MR) is 109 cm³/mol.